The maximum Gasteiger partial charge on any atom is 0.119 e. The van der Waals surface area contributed by atoms with Gasteiger partial charge in [0, 0.05) is 32.7 Å². The van der Waals surface area contributed by atoms with Crippen LogP contribution in [0.5, 0.6) is 5.75 Å². The van der Waals surface area contributed by atoms with E-state index >= 15 is 0 Å². The van der Waals surface area contributed by atoms with Gasteiger partial charge in [-0.15, -0.1) is 0 Å². The molecule has 2 N–H and O–H groups in total. The molecule has 1 aromatic rings. The van der Waals surface area contributed by atoms with Crippen molar-refractivity contribution in [1.82, 2.24) is 10.2 Å². The van der Waals surface area contributed by atoms with E-state index in [1.165, 1.54) is 11.1 Å². The second kappa shape index (κ2) is 6.40. The summed E-state index contributed by atoms with van der Waals surface area (Å²) >= 11 is 0. The van der Waals surface area contributed by atoms with E-state index in [-0.39, 0.29) is 0 Å². The second-order valence-electron chi connectivity index (χ2n) is 5.83. The molecule has 1 saturated heterocycles. The molecule has 0 spiro atoms. The number of hydrogen-bond donors (Lipinski definition) is 2. The van der Waals surface area contributed by atoms with Crippen molar-refractivity contribution in [3.05, 3.63) is 28.8 Å². The van der Waals surface area contributed by atoms with Crippen molar-refractivity contribution in [2.75, 3.05) is 32.7 Å². The lowest BCUT2D eigenvalue weighted by Gasteiger charge is -2.27. The number of benzene rings is 1. The zero-order valence-corrected chi connectivity index (χ0v) is 12.4. The lowest BCUT2D eigenvalue weighted by Crippen LogP contribution is -2.44. The summed E-state index contributed by atoms with van der Waals surface area (Å²) in [5.41, 5.74) is 3.65. The van der Waals surface area contributed by atoms with Crippen LogP contribution in [0.25, 0.3) is 0 Å². The molecule has 0 aliphatic carbocycles. The van der Waals surface area contributed by atoms with Crippen LogP contribution in [-0.2, 0) is 6.42 Å². The summed E-state index contributed by atoms with van der Waals surface area (Å²) in [6.45, 7) is 12.0. The van der Waals surface area contributed by atoms with Gasteiger partial charge in [0.15, 0.2) is 0 Å². The smallest absolute Gasteiger partial charge is 0.119 e. The van der Waals surface area contributed by atoms with Crippen LogP contribution in [0.2, 0.25) is 0 Å². The van der Waals surface area contributed by atoms with Gasteiger partial charge in [-0.1, -0.05) is 19.9 Å². The van der Waals surface area contributed by atoms with Gasteiger partial charge >= 0.3 is 0 Å². The number of aryl methyl sites for hydroxylation is 1. The van der Waals surface area contributed by atoms with Crippen molar-refractivity contribution in [2.24, 2.45) is 0 Å². The summed E-state index contributed by atoms with van der Waals surface area (Å²) in [6.07, 6.45) is 1.08. The highest BCUT2D eigenvalue weighted by molar-refractivity contribution is 5.43. The normalized spacial score (nSPS) is 17.1. The van der Waals surface area contributed by atoms with Crippen LogP contribution in [-0.4, -0.2) is 42.7 Å². The third-order valence-corrected chi connectivity index (χ3v) is 4.01. The van der Waals surface area contributed by atoms with Gasteiger partial charge in [0.2, 0.25) is 0 Å². The molecule has 2 rings (SSSR count). The standard InChI is InChI=1S/C16H26N2O/c1-12(2)15-11-14(13(3)10-16(15)19)4-7-18-8-5-17-6-9-18/h10-12,17,19H,4-9H2,1-3H3. The minimum Gasteiger partial charge on any atom is -0.508 e. The summed E-state index contributed by atoms with van der Waals surface area (Å²) in [5.74, 6) is 0.817. The van der Waals surface area contributed by atoms with Crippen molar-refractivity contribution in [3.8, 4) is 5.75 Å². The molecule has 0 bridgehead atoms. The van der Waals surface area contributed by atoms with Gasteiger partial charge in [-0.2, -0.15) is 0 Å². The SMILES string of the molecule is Cc1cc(O)c(C(C)C)cc1CCN1CCNCC1. The molecule has 0 unspecified atom stereocenters. The Morgan fingerprint density at radius 1 is 1.26 bits per heavy atom. The minimum atomic E-state index is 0.374. The topological polar surface area (TPSA) is 35.5 Å². The van der Waals surface area contributed by atoms with Gasteiger partial charge in [-0.3, -0.25) is 0 Å². The van der Waals surface area contributed by atoms with E-state index in [1.807, 2.05) is 6.07 Å². The zero-order valence-electron chi connectivity index (χ0n) is 12.4. The monoisotopic (exact) mass is 262 g/mol. The Balaban J connectivity index is 2.04. The number of piperazine rings is 1. The summed E-state index contributed by atoms with van der Waals surface area (Å²) in [7, 11) is 0. The number of nitrogens with one attached hydrogen (secondary N) is 1. The summed E-state index contributed by atoms with van der Waals surface area (Å²) in [5, 5.41) is 13.4. The first-order chi connectivity index (χ1) is 9.08. The highest BCUT2D eigenvalue weighted by Crippen LogP contribution is 2.28. The van der Waals surface area contributed by atoms with Gasteiger partial charge in [-0.05, 0) is 42.0 Å². The Morgan fingerprint density at radius 3 is 2.58 bits per heavy atom. The van der Waals surface area contributed by atoms with Crippen LogP contribution in [0, 0.1) is 6.92 Å². The fourth-order valence-electron chi connectivity index (χ4n) is 2.70. The van der Waals surface area contributed by atoms with Gasteiger partial charge in [0.25, 0.3) is 0 Å². The minimum absolute atomic E-state index is 0.374. The predicted molar refractivity (Wildman–Crippen MR) is 79.9 cm³/mol. The largest absolute Gasteiger partial charge is 0.508 e. The quantitative estimate of drug-likeness (QED) is 0.874. The molecule has 3 nitrogen and oxygen atoms in total. The van der Waals surface area contributed by atoms with Crippen LogP contribution in [0.3, 0.4) is 0 Å². The second-order valence-corrected chi connectivity index (χ2v) is 5.83. The third-order valence-electron chi connectivity index (χ3n) is 4.01. The molecule has 0 amide bonds. The van der Waals surface area contributed by atoms with Crippen molar-refractivity contribution in [3.63, 3.8) is 0 Å². The van der Waals surface area contributed by atoms with E-state index in [9.17, 15) is 5.11 Å². The molecule has 0 saturated carbocycles. The fourth-order valence-corrected chi connectivity index (χ4v) is 2.70. The van der Waals surface area contributed by atoms with Crippen LogP contribution in [0.1, 0.15) is 36.5 Å². The fraction of sp³-hybridized carbons (Fsp3) is 0.625. The van der Waals surface area contributed by atoms with Crippen molar-refractivity contribution in [1.29, 1.82) is 0 Å². The van der Waals surface area contributed by atoms with Crippen LogP contribution >= 0.6 is 0 Å². The highest BCUT2D eigenvalue weighted by Gasteiger charge is 2.12. The van der Waals surface area contributed by atoms with Gasteiger partial charge in [0.05, 0.1) is 0 Å². The molecular weight excluding hydrogens is 236 g/mol. The van der Waals surface area contributed by atoms with E-state index < -0.39 is 0 Å². The van der Waals surface area contributed by atoms with E-state index in [0.29, 0.717) is 11.7 Å². The number of aromatic hydroxyl groups is 1. The molecular formula is C16H26N2O. The Kier molecular flexibility index (Phi) is 4.83. The number of phenolic OH excluding ortho intramolecular Hbond substituents is 1. The first-order valence-corrected chi connectivity index (χ1v) is 7.33. The van der Waals surface area contributed by atoms with Crippen LogP contribution < -0.4 is 5.32 Å². The molecule has 19 heavy (non-hydrogen) atoms. The summed E-state index contributed by atoms with van der Waals surface area (Å²) < 4.78 is 0. The average Bonchev–Trinajstić information content (AvgIpc) is 2.38. The third kappa shape index (κ3) is 3.71. The van der Waals surface area contributed by atoms with E-state index in [4.69, 9.17) is 0 Å². The van der Waals surface area contributed by atoms with Crippen molar-refractivity contribution >= 4 is 0 Å². The molecule has 1 fully saturated rings. The predicted octanol–water partition coefficient (Wildman–Crippen LogP) is 2.27. The molecule has 1 aliphatic heterocycles. The van der Waals surface area contributed by atoms with Crippen LogP contribution in [0.15, 0.2) is 12.1 Å². The summed E-state index contributed by atoms with van der Waals surface area (Å²) in [4.78, 5) is 2.51. The first-order valence-electron chi connectivity index (χ1n) is 7.33. The zero-order chi connectivity index (χ0) is 13.8. The molecule has 1 heterocycles. The number of rotatable bonds is 4. The Hall–Kier alpha value is -1.06. The first kappa shape index (κ1) is 14.4. The lowest BCUT2D eigenvalue weighted by molar-refractivity contribution is 0.244. The van der Waals surface area contributed by atoms with E-state index in [0.717, 1.165) is 44.7 Å². The Bertz CT molecular complexity index is 423. The molecule has 0 atom stereocenters. The van der Waals surface area contributed by atoms with Crippen molar-refractivity contribution in [2.45, 2.75) is 33.1 Å². The highest BCUT2D eigenvalue weighted by atomic mass is 16.3. The van der Waals surface area contributed by atoms with Gasteiger partial charge < -0.3 is 15.3 Å². The Labute approximate surface area is 116 Å². The average molecular weight is 262 g/mol. The maximum absolute atomic E-state index is 9.98. The number of nitrogens with zero attached hydrogens (tertiary/aromatic N) is 1. The number of hydrogen-bond acceptors (Lipinski definition) is 3. The van der Waals surface area contributed by atoms with E-state index in [2.05, 4.69) is 37.1 Å². The molecule has 1 aromatic carbocycles. The lowest BCUT2D eigenvalue weighted by atomic mass is 9.95. The van der Waals surface area contributed by atoms with Gasteiger partial charge in [-0.25, -0.2) is 0 Å². The van der Waals surface area contributed by atoms with Gasteiger partial charge in [0.1, 0.15) is 5.75 Å². The maximum atomic E-state index is 9.98. The molecule has 0 aromatic heterocycles. The Morgan fingerprint density at radius 2 is 1.95 bits per heavy atom. The van der Waals surface area contributed by atoms with E-state index in [1.54, 1.807) is 0 Å². The number of phenols is 1. The summed E-state index contributed by atoms with van der Waals surface area (Å²) in [6, 6.07) is 4.11. The molecule has 106 valence electrons. The molecule has 0 radical (unpaired) electrons. The molecule has 1 aliphatic rings. The van der Waals surface area contributed by atoms with Crippen LogP contribution in [0.4, 0.5) is 0 Å². The molecule has 3 heteroatoms. The van der Waals surface area contributed by atoms with Crippen molar-refractivity contribution < 1.29 is 5.11 Å².